The summed E-state index contributed by atoms with van der Waals surface area (Å²) in [7, 11) is -3.95. The van der Waals surface area contributed by atoms with E-state index in [4.69, 9.17) is 8.92 Å². The van der Waals surface area contributed by atoms with Gasteiger partial charge < -0.3 is 4.74 Å². The minimum atomic E-state index is -3.95. The Balaban J connectivity index is 2.22. The van der Waals surface area contributed by atoms with E-state index in [9.17, 15) is 18.0 Å². The SMILES string of the molecule is C/C(=C\[C@H](C)[C@H](OS(=O)(=O)c1ccccc1)C(C)C)C(=O)N1C(=O)OC[C@@H]1C(C)C. The molecule has 1 heterocycles. The molecule has 0 saturated carbocycles. The monoisotopic (exact) mass is 437 g/mol. The van der Waals surface area contributed by atoms with Crippen molar-refractivity contribution in [1.29, 1.82) is 0 Å². The number of rotatable bonds is 8. The molecule has 166 valence electrons. The Kier molecular flexibility index (Phi) is 7.82. The maximum atomic E-state index is 12.9. The summed E-state index contributed by atoms with van der Waals surface area (Å²) < 4.78 is 35.9. The van der Waals surface area contributed by atoms with E-state index in [0.717, 1.165) is 4.90 Å². The van der Waals surface area contributed by atoms with Crippen molar-refractivity contribution >= 4 is 22.1 Å². The zero-order chi connectivity index (χ0) is 22.6. The Hall–Kier alpha value is -2.19. The second-order valence-electron chi connectivity index (χ2n) is 8.34. The standard InChI is InChI=1S/C22H31NO6S/c1-14(2)19-13-28-22(25)23(19)21(24)17(6)12-16(5)20(15(3)4)29-30(26,27)18-10-8-7-9-11-18/h7-12,14-16,19-20H,13H2,1-6H3/b17-12+/t16-,19+,20+/m0/s1. The molecule has 8 heteroatoms. The van der Waals surface area contributed by atoms with Crippen LogP contribution < -0.4 is 0 Å². The number of imide groups is 1. The van der Waals surface area contributed by atoms with E-state index in [0.29, 0.717) is 5.57 Å². The molecule has 1 aromatic carbocycles. The van der Waals surface area contributed by atoms with Gasteiger partial charge in [0.2, 0.25) is 0 Å². The van der Waals surface area contributed by atoms with Gasteiger partial charge in [0.1, 0.15) is 6.61 Å². The van der Waals surface area contributed by atoms with Crippen LogP contribution in [0.2, 0.25) is 0 Å². The average molecular weight is 438 g/mol. The zero-order valence-corrected chi connectivity index (χ0v) is 19.2. The highest BCUT2D eigenvalue weighted by Crippen LogP contribution is 2.26. The fraction of sp³-hybridized carbons (Fsp3) is 0.545. The number of benzene rings is 1. The third kappa shape index (κ3) is 5.49. The van der Waals surface area contributed by atoms with Gasteiger partial charge in [-0.2, -0.15) is 8.42 Å². The molecule has 0 spiro atoms. The lowest BCUT2D eigenvalue weighted by Crippen LogP contribution is -2.42. The summed E-state index contributed by atoms with van der Waals surface area (Å²) in [4.78, 5) is 26.2. The van der Waals surface area contributed by atoms with Gasteiger partial charge in [-0.1, -0.05) is 58.9 Å². The first-order valence-electron chi connectivity index (χ1n) is 10.1. The van der Waals surface area contributed by atoms with Crippen molar-refractivity contribution in [2.45, 2.75) is 58.6 Å². The predicted molar refractivity (Wildman–Crippen MR) is 113 cm³/mol. The lowest BCUT2D eigenvalue weighted by atomic mass is 9.93. The molecule has 0 unspecified atom stereocenters. The van der Waals surface area contributed by atoms with Gasteiger partial charge in [0.15, 0.2) is 0 Å². The minimum absolute atomic E-state index is 0.0633. The highest BCUT2D eigenvalue weighted by Gasteiger charge is 2.40. The van der Waals surface area contributed by atoms with Crippen molar-refractivity contribution < 1.29 is 26.9 Å². The molecule has 0 aromatic heterocycles. The van der Waals surface area contributed by atoms with Crippen molar-refractivity contribution in [3.05, 3.63) is 42.0 Å². The number of carbonyl (C=O) groups excluding carboxylic acids is 2. The zero-order valence-electron chi connectivity index (χ0n) is 18.4. The summed E-state index contributed by atoms with van der Waals surface area (Å²) in [6.45, 7) is 11.2. The normalized spacial score (nSPS) is 19.9. The van der Waals surface area contributed by atoms with E-state index in [1.165, 1.54) is 12.1 Å². The first-order valence-corrected chi connectivity index (χ1v) is 11.5. The fourth-order valence-electron chi connectivity index (χ4n) is 3.51. The van der Waals surface area contributed by atoms with Crippen LogP contribution in [0.25, 0.3) is 0 Å². The smallest absolute Gasteiger partial charge is 0.417 e. The number of hydrogen-bond acceptors (Lipinski definition) is 6. The Morgan fingerprint density at radius 1 is 1.17 bits per heavy atom. The lowest BCUT2D eigenvalue weighted by molar-refractivity contribution is -0.125. The summed E-state index contributed by atoms with van der Waals surface area (Å²) in [6, 6.07) is 7.63. The van der Waals surface area contributed by atoms with E-state index in [1.807, 2.05) is 27.7 Å². The maximum Gasteiger partial charge on any atom is 0.417 e. The van der Waals surface area contributed by atoms with E-state index in [-0.39, 0.29) is 35.3 Å². The summed E-state index contributed by atoms with van der Waals surface area (Å²) in [6.07, 6.45) is 0.336. The number of ether oxygens (including phenoxy) is 1. The van der Waals surface area contributed by atoms with E-state index in [2.05, 4.69) is 0 Å². The third-order valence-corrected chi connectivity index (χ3v) is 6.51. The number of nitrogens with zero attached hydrogens (tertiary/aromatic N) is 1. The molecular formula is C22H31NO6S. The quantitative estimate of drug-likeness (QED) is 0.451. The van der Waals surface area contributed by atoms with E-state index in [1.54, 1.807) is 38.1 Å². The fourth-order valence-corrected chi connectivity index (χ4v) is 4.80. The lowest BCUT2D eigenvalue weighted by Gasteiger charge is -2.26. The van der Waals surface area contributed by atoms with Crippen LogP contribution in [0.5, 0.6) is 0 Å². The van der Waals surface area contributed by atoms with Crippen LogP contribution in [-0.4, -0.2) is 44.1 Å². The molecule has 1 saturated heterocycles. The second kappa shape index (κ2) is 9.75. The van der Waals surface area contributed by atoms with Crippen LogP contribution in [-0.2, 0) is 23.8 Å². The Labute approximate surface area is 179 Å². The largest absolute Gasteiger partial charge is 0.447 e. The topological polar surface area (TPSA) is 90.0 Å². The van der Waals surface area contributed by atoms with Gasteiger partial charge in [0, 0.05) is 11.5 Å². The summed E-state index contributed by atoms with van der Waals surface area (Å²) in [5.74, 6) is -0.883. The molecule has 2 amide bonds. The van der Waals surface area contributed by atoms with Crippen LogP contribution in [0, 0.1) is 17.8 Å². The van der Waals surface area contributed by atoms with Crippen molar-refractivity contribution in [2.75, 3.05) is 6.61 Å². The van der Waals surface area contributed by atoms with Crippen LogP contribution in [0.4, 0.5) is 4.79 Å². The molecule has 1 aliphatic rings. The molecule has 7 nitrogen and oxygen atoms in total. The third-order valence-electron chi connectivity index (χ3n) is 5.19. The van der Waals surface area contributed by atoms with Gasteiger partial charge in [0.05, 0.1) is 17.0 Å². The van der Waals surface area contributed by atoms with Gasteiger partial charge in [-0.05, 0) is 30.9 Å². The Morgan fingerprint density at radius 2 is 1.77 bits per heavy atom. The first kappa shape index (κ1) is 24.1. The first-order chi connectivity index (χ1) is 14.0. The molecule has 1 fully saturated rings. The van der Waals surface area contributed by atoms with Crippen molar-refractivity contribution in [2.24, 2.45) is 17.8 Å². The number of cyclic esters (lactones) is 1. The highest BCUT2D eigenvalue weighted by atomic mass is 32.2. The number of amides is 2. The molecular weight excluding hydrogens is 406 g/mol. The molecule has 1 aromatic rings. The predicted octanol–water partition coefficient (Wildman–Crippen LogP) is 4.00. The van der Waals surface area contributed by atoms with Crippen LogP contribution in [0.1, 0.15) is 41.5 Å². The molecule has 0 N–H and O–H groups in total. The molecule has 0 aliphatic carbocycles. The van der Waals surface area contributed by atoms with Crippen LogP contribution >= 0.6 is 0 Å². The molecule has 3 atom stereocenters. The van der Waals surface area contributed by atoms with Gasteiger partial charge in [-0.15, -0.1) is 0 Å². The van der Waals surface area contributed by atoms with Crippen molar-refractivity contribution in [3.63, 3.8) is 0 Å². The van der Waals surface area contributed by atoms with Gasteiger partial charge in [-0.25, -0.2) is 9.69 Å². The molecule has 0 bridgehead atoms. The summed E-state index contributed by atoms with van der Waals surface area (Å²) >= 11 is 0. The van der Waals surface area contributed by atoms with E-state index >= 15 is 0 Å². The number of carbonyl (C=O) groups is 2. The minimum Gasteiger partial charge on any atom is -0.447 e. The summed E-state index contributed by atoms with van der Waals surface area (Å²) in [5, 5.41) is 0. The molecule has 30 heavy (non-hydrogen) atoms. The van der Waals surface area contributed by atoms with Gasteiger partial charge >= 0.3 is 6.09 Å². The maximum absolute atomic E-state index is 12.9. The van der Waals surface area contributed by atoms with Crippen molar-refractivity contribution in [3.8, 4) is 0 Å². The van der Waals surface area contributed by atoms with Crippen molar-refractivity contribution in [1.82, 2.24) is 4.90 Å². The molecule has 0 radical (unpaired) electrons. The Morgan fingerprint density at radius 3 is 2.30 bits per heavy atom. The molecule has 2 rings (SSSR count). The van der Waals surface area contributed by atoms with Crippen LogP contribution in [0.15, 0.2) is 46.9 Å². The second-order valence-corrected chi connectivity index (χ2v) is 9.92. The van der Waals surface area contributed by atoms with Gasteiger partial charge in [-0.3, -0.25) is 8.98 Å². The summed E-state index contributed by atoms with van der Waals surface area (Å²) in [5.41, 5.74) is 0.346. The van der Waals surface area contributed by atoms with Crippen LogP contribution in [0.3, 0.4) is 0 Å². The average Bonchev–Trinajstić information content (AvgIpc) is 3.07. The highest BCUT2D eigenvalue weighted by molar-refractivity contribution is 7.86. The van der Waals surface area contributed by atoms with E-state index < -0.39 is 28.2 Å². The Bertz CT molecular complexity index is 891. The molecule has 1 aliphatic heterocycles. The van der Waals surface area contributed by atoms with Gasteiger partial charge in [0.25, 0.3) is 16.0 Å². The number of hydrogen-bond donors (Lipinski definition) is 0.